The molecule has 0 saturated carbocycles. The normalized spacial score (nSPS) is 15.2. The number of hydrogen-bond acceptors (Lipinski definition) is 3. The monoisotopic (exact) mass is 278 g/mol. The fourth-order valence-corrected chi connectivity index (χ4v) is 2.11. The van der Waals surface area contributed by atoms with Crippen molar-refractivity contribution in [2.24, 2.45) is 0 Å². The molecule has 2 amide bonds. The summed E-state index contributed by atoms with van der Waals surface area (Å²) >= 11 is 0. The largest absolute Gasteiger partial charge is 0.493 e. The van der Waals surface area contributed by atoms with Crippen molar-refractivity contribution in [1.29, 1.82) is 0 Å². The zero-order chi connectivity index (χ0) is 14.8. The number of carbonyl (C=O) groups excluding carboxylic acids is 1. The third-order valence-electron chi connectivity index (χ3n) is 3.04. The van der Waals surface area contributed by atoms with Crippen molar-refractivity contribution in [3.8, 4) is 5.75 Å². The maximum atomic E-state index is 11.6. The van der Waals surface area contributed by atoms with Crippen LogP contribution in [0, 0.1) is 0 Å². The minimum atomic E-state index is -0.716. The topological polar surface area (TPSA) is 70.6 Å². The number of rotatable bonds is 3. The van der Waals surface area contributed by atoms with E-state index in [1.807, 2.05) is 39.0 Å². The molecule has 0 bridgehead atoms. The van der Waals surface area contributed by atoms with E-state index in [-0.39, 0.29) is 18.1 Å². The highest BCUT2D eigenvalue weighted by Gasteiger charge is 2.17. The highest BCUT2D eigenvalue weighted by Crippen LogP contribution is 2.27. The molecule has 1 aromatic carbocycles. The number of aliphatic hydroxyl groups excluding tert-OH is 1. The van der Waals surface area contributed by atoms with Gasteiger partial charge in [-0.25, -0.2) is 4.79 Å². The molecule has 0 aromatic heterocycles. The van der Waals surface area contributed by atoms with Gasteiger partial charge in [0.1, 0.15) is 5.75 Å². The molecule has 1 aliphatic rings. The molecular formula is C15H22N2O3. The lowest BCUT2D eigenvalue weighted by Gasteiger charge is -2.21. The number of amides is 2. The number of hydrogen-bond donors (Lipinski definition) is 3. The van der Waals surface area contributed by atoms with Gasteiger partial charge in [-0.1, -0.05) is 6.07 Å². The Morgan fingerprint density at radius 2 is 2.20 bits per heavy atom. The van der Waals surface area contributed by atoms with E-state index in [2.05, 4.69) is 10.6 Å². The highest BCUT2D eigenvalue weighted by molar-refractivity contribution is 5.74. The van der Waals surface area contributed by atoms with Crippen molar-refractivity contribution in [3.63, 3.8) is 0 Å². The van der Waals surface area contributed by atoms with Gasteiger partial charge in [0, 0.05) is 18.5 Å². The number of fused-ring (bicyclic) bond motifs is 1. The van der Waals surface area contributed by atoms with Gasteiger partial charge >= 0.3 is 6.03 Å². The van der Waals surface area contributed by atoms with E-state index in [0.29, 0.717) is 6.61 Å². The van der Waals surface area contributed by atoms with Crippen LogP contribution in [-0.2, 0) is 6.42 Å². The Morgan fingerprint density at radius 3 is 2.90 bits per heavy atom. The Balaban J connectivity index is 1.89. The van der Waals surface area contributed by atoms with E-state index < -0.39 is 6.10 Å². The first-order valence-corrected chi connectivity index (χ1v) is 6.85. The lowest BCUT2D eigenvalue weighted by molar-refractivity contribution is 0.171. The van der Waals surface area contributed by atoms with Crippen LogP contribution in [0.5, 0.6) is 5.75 Å². The molecule has 3 N–H and O–H groups in total. The standard InChI is InChI=1S/C15H22N2O3/c1-15(2,3)17-14(19)16-9-12(18)10-4-5-13-11(8-10)6-7-20-13/h4-5,8,12,18H,6-7,9H2,1-3H3,(H2,16,17,19). The number of carbonyl (C=O) groups is 1. The Bertz CT molecular complexity index is 494. The van der Waals surface area contributed by atoms with Crippen LogP contribution in [-0.4, -0.2) is 29.8 Å². The predicted octanol–water partition coefficient (Wildman–Crippen LogP) is 1.75. The second kappa shape index (κ2) is 5.71. The minimum absolute atomic E-state index is 0.182. The van der Waals surface area contributed by atoms with Gasteiger partial charge in [0.2, 0.25) is 0 Å². The third kappa shape index (κ3) is 3.87. The Hall–Kier alpha value is -1.75. The van der Waals surface area contributed by atoms with Crippen molar-refractivity contribution in [3.05, 3.63) is 29.3 Å². The lowest BCUT2D eigenvalue weighted by atomic mass is 10.0. The van der Waals surface area contributed by atoms with Crippen molar-refractivity contribution in [2.75, 3.05) is 13.2 Å². The van der Waals surface area contributed by atoms with E-state index in [0.717, 1.165) is 23.3 Å². The first kappa shape index (κ1) is 14.7. The van der Waals surface area contributed by atoms with Gasteiger partial charge in [-0.15, -0.1) is 0 Å². The molecule has 1 heterocycles. The summed E-state index contributed by atoms with van der Waals surface area (Å²) < 4.78 is 5.42. The van der Waals surface area contributed by atoms with Crippen LogP contribution in [0.1, 0.15) is 38.0 Å². The van der Waals surface area contributed by atoms with Gasteiger partial charge in [-0.2, -0.15) is 0 Å². The maximum absolute atomic E-state index is 11.6. The predicted molar refractivity (Wildman–Crippen MR) is 76.9 cm³/mol. The molecule has 0 radical (unpaired) electrons. The summed E-state index contributed by atoms with van der Waals surface area (Å²) in [5, 5.41) is 15.6. The smallest absolute Gasteiger partial charge is 0.315 e. The van der Waals surface area contributed by atoms with E-state index in [4.69, 9.17) is 4.74 Å². The second-order valence-electron chi connectivity index (χ2n) is 6.07. The zero-order valence-electron chi connectivity index (χ0n) is 12.2. The summed E-state index contributed by atoms with van der Waals surface area (Å²) in [5.74, 6) is 0.888. The van der Waals surface area contributed by atoms with Crippen molar-refractivity contribution in [2.45, 2.75) is 38.8 Å². The summed E-state index contributed by atoms with van der Waals surface area (Å²) in [7, 11) is 0. The van der Waals surface area contributed by atoms with Gasteiger partial charge in [0.05, 0.1) is 12.7 Å². The number of nitrogens with one attached hydrogen (secondary N) is 2. The molecule has 0 aliphatic carbocycles. The summed E-state index contributed by atoms with van der Waals surface area (Å²) in [4.78, 5) is 11.6. The first-order chi connectivity index (χ1) is 9.35. The van der Waals surface area contributed by atoms with E-state index in [1.165, 1.54) is 0 Å². The van der Waals surface area contributed by atoms with Crippen LogP contribution < -0.4 is 15.4 Å². The molecule has 0 saturated heterocycles. The zero-order valence-corrected chi connectivity index (χ0v) is 12.2. The first-order valence-electron chi connectivity index (χ1n) is 6.85. The number of ether oxygens (including phenoxy) is 1. The van der Waals surface area contributed by atoms with E-state index in [1.54, 1.807) is 0 Å². The van der Waals surface area contributed by atoms with Gasteiger partial charge in [0.25, 0.3) is 0 Å². The van der Waals surface area contributed by atoms with Gasteiger partial charge in [-0.3, -0.25) is 0 Å². The fourth-order valence-electron chi connectivity index (χ4n) is 2.11. The molecule has 1 unspecified atom stereocenters. The number of aliphatic hydroxyl groups is 1. The molecule has 20 heavy (non-hydrogen) atoms. The molecule has 1 aromatic rings. The average molecular weight is 278 g/mol. The van der Waals surface area contributed by atoms with Crippen molar-refractivity contribution in [1.82, 2.24) is 10.6 Å². The lowest BCUT2D eigenvalue weighted by Crippen LogP contribution is -2.47. The minimum Gasteiger partial charge on any atom is -0.493 e. The second-order valence-corrected chi connectivity index (χ2v) is 6.07. The molecule has 1 aliphatic heterocycles. The summed E-state index contributed by atoms with van der Waals surface area (Å²) in [6, 6.07) is 5.37. The Kier molecular flexibility index (Phi) is 4.18. The fraction of sp³-hybridized carbons (Fsp3) is 0.533. The molecule has 1 atom stereocenters. The molecular weight excluding hydrogens is 256 g/mol. The number of urea groups is 1. The molecule has 0 fully saturated rings. The molecule has 2 rings (SSSR count). The highest BCUT2D eigenvalue weighted by atomic mass is 16.5. The van der Waals surface area contributed by atoms with Crippen LogP contribution in [0.2, 0.25) is 0 Å². The quantitative estimate of drug-likeness (QED) is 0.789. The average Bonchev–Trinajstić information content (AvgIpc) is 2.80. The van der Waals surface area contributed by atoms with Crippen LogP contribution in [0.4, 0.5) is 4.79 Å². The Morgan fingerprint density at radius 1 is 1.45 bits per heavy atom. The van der Waals surface area contributed by atoms with Gasteiger partial charge in [0.15, 0.2) is 0 Å². The molecule has 5 heteroatoms. The third-order valence-corrected chi connectivity index (χ3v) is 3.04. The van der Waals surface area contributed by atoms with Crippen molar-refractivity contribution < 1.29 is 14.6 Å². The van der Waals surface area contributed by atoms with Gasteiger partial charge < -0.3 is 20.5 Å². The SMILES string of the molecule is CC(C)(C)NC(=O)NCC(O)c1ccc2c(c1)CCO2. The summed E-state index contributed by atoms with van der Waals surface area (Å²) in [6.45, 7) is 6.60. The van der Waals surface area contributed by atoms with Crippen LogP contribution >= 0.6 is 0 Å². The van der Waals surface area contributed by atoms with Crippen molar-refractivity contribution >= 4 is 6.03 Å². The maximum Gasteiger partial charge on any atom is 0.315 e. The van der Waals surface area contributed by atoms with E-state index in [9.17, 15) is 9.90 Å². The summed E-state index contributed by atoms with van der Waals surface area (Å²) in [5.41, 5.74) is 1.62. The van der Waals surface area contributed by atoms with E-state index >= 15 is 0 Å². The van der Waals surface area contributed by atoms with Crippen LogP contribution in [0.15, 0.2) is 18.2 Å². The van der Waals surface area contributed by atoms with Gasteiger partial charge in [-0.05, 0) is 44.0 Å². The number of benzene rings is 1. The molecule has 5 nitrogen and oxygen atoms in total. The Labute approximate surface area is 119 Å². The van der Waals surface area contributed by atoms with Crippen LogP contribution in [0.3, 0.4) is 0 Å². The molecule has 0 spiro atoms. The summed E-state index contributed by atoms with van der Waals surface area (Å²) in [6.07, 6.45) is 0.153. The molecule has 110 valence electrons. The van der Waals surface area contributed by atoms with Crippen LogP contribution in [0.25, 0.3) is 0 Å².